The Hall–Kier alpha value is -2.14. The number of rotatable bonds is 3. The van der Waals surface area contributed by atoms with Gasteiger partial charge in [-0.15, -0.1) is 0 Å². The monoisotopic (exact) mass is 416 g/mol. The van der Waals surface area contributed by atoms with Crippen molar-refractivity contribution in [1.82, 2.24) is 0 Å². The van der Waals surface area contributed by atoms with Crippen LogP contribution >= 0.6 is 23.2 Å². The summed E-state index contributed by atoms with van der Waals surface area (Å²) in [7, 11) is 0. The van der Waals surface area contributed by atoms with Crippen LogP contribution in [-0.4, -0.2) is 15.1 Å². The summed E-state index contributed by atoms with van der Waals surface area (Å²) in [5.41, 5.74) is 3.37. The van der Waals surface area contributed by atoms with Gasteiger partial charge in [-0.3, -0.25) is 10.1 Å². The molecule has 0 spiro atoms. The molecule has 0 atom stereocenters. The number of nitrogens with two attached hydrogens (primary N) is 1. The summed E-state index contributed by atoms with van der Waals surface area (Å²) >= 11 is 10.4. The van der Waals surface area contributed by atoms with Crippen LogP contribution in [0.3, 0.4) is 0 Å². The third-order valence-electron chi connectivity index (χ3n) is 2.99. The third-order valence-corrected chi connectivity index (χ3v) is 3.65. The second kappa shape index (κ2) is 8.99. The number of benzene rings is 2. The molecular formula is C14H10Cl2F4N2O4. The van der Waals surface area contributed by atoms with Gasteiger partial charge in [0.1, 0.15) is 15.9 Å². The summed E-state index contributed by atoms with van der Waals surface area (Å²) in [6.07, 6.45) is 0. The molecule has 0 unspecified atom stereocenters. The van der Waals surface area contributed by atoms with Crippen molar-refractivity contribution in [3.63, 3.8) is 0 Å². The lowest BCUT2D eigenvalue weighted by Crippen LogP contribution is -2.00. The van der Waals surface area contributed by atoms with Gasteiger partial charge in [-0.25, -0.2) is 13.2 Å². The van der Waals surface area contributed by atoms with Crippen molar-refractivity contribution < 1.29 is 32.7 Å². The molecule has 0 aromatic heterocycles. The zero-order chi connectivity index (χ0) is 20.2. The van der Waals surface area contributed by atoms with Crippen molar-refractivity contribution in [2.75, 3.05) is 5.73 Å². The number of hydrogen-bond acceptors (Lipinski definition) is 5. The fourth-order valence-electron chi connectivity index (χ4n) is 1.68. The van der Waals surface area contributed by atoms with Gasteiger partial charge in [-0.2, -0.15) is 4.39 Å². The Bertz CT molecular complexity index is 853. The van der Waals surface area contributed by atoms with Gasteiger partial charge in [0.2, 0.25) is 5.82 Å². The van der Waals surface area contributed by atoms with E-state index in [1.165, 1.54) is 0 Å². The number of nitrogen functional groups attached to an aromatic ring is 1. The molecule has 0 bridgehead atoms. The molecule has 2 aromatic carbocycles. The first-order valence-electron chi connectivity index (χ1n) is 6.51. The largest absolute Gasteiger partial charge is 0.396 e. The van der Waals surface area contributed by atoms with Crippen molar-refractivity contribution in [3.05, 3.63) is 66.7 Å². The molecule has 0 fully saturated rings. The van der Waals surface area contributed by atoms with Crippen LogP contribution in [0.15, 0.2) is 12.1 Å². The topological polar surface area (TPSA) is 110 Å². The van der Waals surface area contributed by atoms with Crippen LogP contribution in [-0.2, 0) is 13.2 Å². The molecule has 142 valence electrons. The summed E-state index contributed by atoms with van der Waals surface area (Å²) < 4.78 is 51.5. The minimum absolute atomic E-state index is 0.112. The summed E-state index contributed by atoms with van der Waals surface area (Å²) in [5, 5.41) is 25.8. The van der Waals surface area contributed by atoms with Crippen molar-refractivity contribution >= 4 is 34.6 Å². The second-order valence-electron chi connectivity index (χ2n) is 4.64. The fraction of sp³-hybridized carbons (Fsp3) is 0.143. The average molecular weight is 417 g/mol. The van der Waals surface area contributed by atoms with Crippen molar-refractivity contribution in [2.45, 2.75) is 13.2 Å². The quantitative estimate of drug-likeness (QED) is 0.232. The lowest BCUT2D eigenvalue weighted by atomic mass is 10.2. The maximum absolute atomic E-state index is 13.0. The van der Waals surface area contributed by atoms with Crippen LogP contribution in [0.1, 0.15) is 11.1 Å². The highest BCUT2D eigenvalue weighted by Crippen LogP contribution is 2.30. The predicted molar refractivity (Wildman–Crippen MR) is 85.6 cm³/mol. The Morgan fingerprint density at radius 1 is 0.923 bits per heavy atom. The van der Waals surface area contributed by atoms with Crippen LogP contribution in [0.4, 0.5) is 28.9 Å². The van der Waals surface area contributed by atoms with E-state index >= 15 is 0 Å². The first-order valence-corrected chi connectivity index (χ1v) is 7.26. The zero-order valence-corrected chi connectivity index (χ0v) is 14.1. The maximum Gasteiger partial charge on any atom is 0.306 e. The highest BCUT2D eigenvalue weighted by molar-refractivity contribution is 6.31. The van der Waals surface area contributed by atoms with Crippen LogP contribution in [0.25, 0.3) is 0 Å². The first-order chi connectivity index (χ1) is 12.1. The highest BCUT2D eigenvalue weighted by Gasteiger charge is 2.23. The van der Waals surface area contributed by atoms with Crippen LogP contribution < -0.4 is 5.73 Å². The van der Waals surface area contributed by atoms with Crippen molar-refractivity contribution in [3.8, 4) is 0 Å². The van der Waals surface area contributed by atoms with Crippen LogP contribution in [0.5, 0.6) is 0 Å². The fourth-order valence-corrected chi connectivity index (χ4v) is 2.13. The molecule has 26 heavy (non-hydrogen) atoms. The maximum atomic E-state index is 13.0. The number of aliphatic hydroxyl groups excluding tert-OH is 2. The van der Waals surface area contributed by atoms with E-state index in [9.17, 15) is 27.7 Å². The molecule has 2 rings (SSSR count). The molecule has 6 nitrogen and oxygen atoms in total. The summed E-state index contributed by atoms with van der Waals surface area (Å²) in [4.78, 5) is 9.21. The standard InChI is InChI=1S/C7H4ClF2NO3.C7H6ClF2NO/c8-5-6(9)3(2-12)1-4(7(5)10)11(13)14;8-5-6(9)3(2-12)1-4(11)7(5)10/h1,12H,2H2;1,12H,2,11H2. The average Bonchev–Trinajstić information content (AvgIpc) is 2.61. The Morgan fingerprint density at radius 3 is 1.77 bits per heavy atom. The molecule has 4 N–H and O–H groups in total. The van der Waals surface area contributed by atoms with Gasteiger partial charge in [0.05, 0.1) is 23.8 Å². The first kappa shape index (κ1) is 21.9. The summed E-state index contributed by atoms with van der Waals surface area (Å²) in [5.74, 6) is -4.58. The molecule has 0 aliphatic rings. The van der Waals surface area contributed by atoms with Crippen molar-refractivity contribution in [2.24, 2.45) is 0 Å². The molecule has 0 aliphatic heterocycles. The minimum atomic E-state index is -1.44. The third kappa shape index (κ3) is 4.52. The van der Waals surface area contributed by atoms with Gasteiger partial charge in [0.15, 0.2) is 11.6 Å². The number of aliphatic hydroxyl groups is 2. The van der Waals surface area contributed by atoms with E-state index in [0.29, 0.717) is 6.07 Å². The van der Waals surface area contributed by atoms with E-state index in [1.54, 1.807) is 0 Å². The smallest absolute Gasteiger partial charge is 0.306 e. The van der Waals surface area contributed by atoms with Gasteiger partial charge in [-0.05, 0) is 6.07 Å². The SMILES string of the molecule is Nc1cc(CO)c(F)c(Cl)c1F.O=[N+]([O-])c1cc(CO)c(F)c(Cl)c1F. The molecule has 0 aliphatic carbocycles. The molecule has 0 saturated carbocycles. The summed E-state index contributed by atoms with van der Waals surface area (Å²) in [6, 6.07) is 1.62. The number of anilines is 1. The highest BCUT2D eigenvalue weighted by atomic mass is 35.5. The molecular weight excluding hydrogens is 407 g/mol. The van der Waals surface area contributed by atoms with Gasteiger partial charge in [0.25, 0.3) is 0 Å². The Labute approximate surface area is 153 Å². The molecule has 0 saturated heterocycles. The number of nitrogens with zero attached hydrogens (tertiary/aromatic N) is 1. The molecule has 0 amide bonds. The predicted octanol–water partition coefficient (Wildman–Crippen LogP) is 3.71. The number of nitro benzene ring substituents is 1. The van der Waals surface area contributed by atoms with Crippen LogP contribution in [0, 0.1) is 33.4 Å². The Balaban J connectivity index is 0.000000263. The Kier molecular flexibility index (Phi) is 7.57. The lowest BCUT2D eigenvalue weighted by Gasteiger charge is -2.04. The summed E-state index contributed by atoms with van der Waals surface area (Å²) in [6.45, 7) is -1.34. The van der Waals surface area contributed by atoms with E-state index < -0.39 is 62.7 Å². The van der Waals surface area contributed by atoms with Gasteiger partial charge in [-0.1, -0.05) is 23.2 Å². The molecule has 2 aromatic rings. The lowest BCUT2D eigenvalue weighted by molar-refractivity contribution is -0.387. The van der Waals surface area contributed by atoms with Gasteiger partial charge >= 0.3 is 5.69 Å². The molecule has 12 heteroatoms. The molecule has 0 heterocycles. The van der Waals surface area contributed by atoms with Gasteiger partial charge in [0, 0.05) is 17.2 Å². The van der Waals surface area contributed by atoms with E-state index in [1.807, 2.05) is 0 Å². The Morgan fingerprint density at radius 2 is 1.35 bits per heavy atom. The number of halogens is 6. The van der Waals surface area contributed by atoms with E-state index in [4.69, 9.17) is 39.1 Å². The van der Waals surface area contributed by atoms with Crippen molar-refractivity contribution in [1.29, 1.82) is 0 Å². The number of nitro groups is 1. The van der Waals surface area contributed by atoms with E-state index in [0.717, 1.165) is 6.07 Å². The van der Waals surface area contributed by atoms with Crippen LogP contribution in [0.2, 0.25) is 10.0 Å². The second-order valence-corrected chi connectivity index (χ2v) is 5.39. The van der Waals surface area contributed by atoms with E-state index in [2.05, 4.69) is 0 Å². The van der Waals surface area contributed by atoms with Gasteiger partial charge < -0.3 is 15.9 Å². The zero-order valence-electron chi connectivity index (χ0n) is 12.6. The normalized spacial score (nSPS) is 10.3. The molecule has 0 radical (unpaired) electrons. The minimum Gasteiger partial charge on any atom is -0.396 e. The van der Waals surface area contributed by atoms with E-state index in [-0.39, 0.29) is 11.3 Å². The number of hydrogen-bond donors (Lipinski definition) is 3.